The molecule has 2 aromatic rings. The van der Waals surface area contributed by atoms with Crippen LogP contribution in [0.15, 0.2) is 42.5 Å². The molecule has 0 saturated carbocycles. The minimum Gasteiger partial charge on any atom is -0.380 e. The summed E-state index contributed by atoms with van der Waals surface area (Å²) in [5.41, 5.74) is 0.284. The van der Waals surface area contributed by atoms with E-state index in [2.05, 4.69) is 11.8 Å². The van der Waals surface area contributed by atoms with Gasteiger partial charge in [-0.2, -0.15) is 0 Å². The van der Waals surface area contributed by atoms with Crippen molar-refractivity contribution in [3.05, 3.63) is 64.7 Å². The maximum absolute atomic E-state index is 14.7. The van der Waals surface area contributed by atoms with Crippen LogP contribution in [-0.4, -0.2) is 52.8 Å². The molecule has 146 valence electrons. The summed E-state index contributed by atoms with van der Waals surface area (Å²) in [4.78, 5) is 17.0. The molecule has 2 aromatic carbocycles. The van der Waals surface area contributed by atoms with Crippen LogP contribution in [0.3, 0.4) is 0 Å². The Labute approximate surface area is 173 Å². The van der Waals surface area contributed by atoms with Gasteiger partial charge in [0.1, 0.15) is 15.7 Å². The van der Waals surface area contributed by atoms with Gasteiger partial charge in [-0.1, -0.05) is 31.2 Å². The Morgan fingerprint density at radius 1 is 1.24 bits per heavy atom. The van der Waals surface area contributed by atoms with E-state index < -0.39 is 5.47 Å². The Hall–Kier alpha value is -2.11. The van der Waals surface area contributed by atoms with E-state index in [-0.39, 0.29) is 18.0 Å². The Balaban J connectivity index is 1.69. The van der Waals surface area contributed by atoms with Gasteiger partial charge in [0.05, 0.1) is 25.2 Å². The van der Waals surface area contributed by atoms with Gasteiger partial charge in [-0.05, 0) is 40.8 Å². The molecule has 7 heteroatoms. The van der Waals surface area contributed by atoms with Crippen LogP contribution in [0.4, 0.5) is 10.1 Å². The van der Waals surface area contributed by atoms with Crippen LogP contribution >= 0.6 is 0 Å². The van der Waals surface area contributed by atoms with Gasteiger partial charge in [-0.15, -0.1) is 0 Å². The Kier molecular flexibility index (Phi) is 5.54. The fraction of sp³-hybridized carbons (Fsp3) is 0.409. The first-order chi connectivity index (χ1) is 13.8. The maximum Gasteiger partial charge on any atom is 0.258 e. The highest BCUT2D eigenvalue weighted by atomic mass is 19.1. The monoisotopic (exact) mass is 388 g/mol. The van der Waals surface area contributed by atoms with Gasteiger partial charge in [0.2, 0.25) is 0 Å². The maximum atomic E-state index is 14.7. The standard InChI is InChI=1S/C22H23B2FN2O2/c1-15-11-26(7-8-29-14-15)12-16-9-18-19(20(10-16)22(23,24)25)13-27(21(18)28)17-5-3-2-4-6-17/h2-6,9-10,15H,7-8,11-14H2,1H3. The lowest BCUT2D eigenvalue weighted by Crippen LogP contribution is -2.29. The summed E-state index contributed by atoms with van der Waals surface area (Å²) in [5.74, 6) is 0.247. The number of fused-ring (bicyclic) bond motifs is 1. The van der Waals surface area contributed by atoms with Crippen LogP contribution in [0.25, 0.3) is 0 Å². The molecule has 4 nitrogen and oxygen atoms in total. The molecule has 0 spiro atoms. The molecule has 1 unspecified atom stereocenters. The van der Waals surface area contributed by atoms with E-state index in [0.717, 1.165) is 30.9 Å². The summed E-state index contributed by atoms with van der Waals surface area (Å²) in [6, 6.07) is 12.9. The van der Waals surface area contributed by atoms with Gasteiger partial charge in [-0.25, -0.2) is 0 Å². The molecule has 1 saturated heterocycles. The first-order valence-corrected chi connectivity index (χ1v) is 9.93. The van der Waals surface area contributed by atoms with Crippen molar-refractivity contribution in [2.45, 2.75) is 25.5 Å². The van der Waals surface area contributed by atoms with E-state index in [1.54, 1.807) is 11.0 Å². The van der Waals surface area contributed by atoms with E-state index >= 15 is 0 Å². The zero-order valence-electron chi connectivity index (χ0n) is 16.6. The summed E-state index contributed by atoms with van der Waals surface area (Å²) in [7, 11) is 11.3. The molecule has 2 heterocycles. The van der Waals surface area contributed by atoms with Crippen molar-refractivity contribution in [2.75, 3.05) is 31.2 Å². The van der Waals surface area contributed by atoms with E-state index in [9.17, 15) is 9.18 Å². The number of rotatable bonds is 4. The predicted octanol–water partition coefficient (Wildman–Crippen LogP) is 2.73. The van der Waals surface area contributed by atoms with Gasteiger partial charge in [0.25, 0.3) is 5.91 Å². The Bertz CT molecular complexity index is 902. The molecular weight excluding hydrogens is 365 g/mol. The Morgan fingerprint density at radius 3 is 2.72 bits per heavy atom. The lowest BCUT2D eigenvalue weighted by Gasteiger charge is -2.24. The number of carbonyl (C=O) groups excluding carboxylic acids is 1. The molecule has 0 N–H and O–H groups in total. The summed E-state index contributed by atoms with van der Waals surface area (Å²) in [6.45, 7) is 6.03. The van der Waals surface area contributed by atoms with E-state index in [1.807, 2.05) is 36.4 Å². The second kappa shape index (κ2) is 7.96. The van der Waals surface area contributed by atoms with Crippen molar-refractivity contribution < 1.29 is 13.9 Å². The number of nitrogens with zero attached hydrogens (tertiary/aromatic N) is 2. The molecule has 4 radical (unpaired) electrons. The molecule has 2 aliphatic heterocycles. The van der Waals surface area contributed by atoms with Gasteiger partial charge >= 0.3 is 0 Å². The highest BCUT2D eigenvalue weighted by molar-refractivity contribution is 6.39. The van der Waals surface area contributed by atoms with E-state index in [4.69, 9.17) is 20.4 Å². The minimum atomic E-state index is -2.51. The lowest BCUT2D eigenvalue weighted by atomic mass is 9.61. The van der Waals surface area contributed by atoms with Gasteiger partial charge in [0, 0.05) is 30.9 Å². The second-order valence-electron chi connectivity index (χ2n) is 8.08. The number of hydrogen-bond acceptors (Lipinski definition) is 3. The van der Waals surface area contributed by atoms with Crippen molar-refractivity contribution in [1.29, 1.82) is 0 Å². The molecule has 1 amide bonds. The number of halogens is 1. The highest BCUT2D eigenvalue weighted by Gasteiger charge is 2.35. The smallest absolute Gasteiger partial charge is 0.258 e. The van der Waals surface area contributed by atoms with Crippen LogP contribution in [0.2, 0.25) is 0 Å². The Morgan fingerprint density at radius 2 is 2.00 bits per heavy atom. The summed E-state index contributed by atoms with van der Waals surface area (Å²) in [6.07, 6.45) is 0. The van der Waals surface area contributed by atoms with Crippen molar-refractivity contribution in [3.8, 4) is 0 Å². The number of hydrogen-bond donors (Lipinski definition) is 0. The minimum absolute atomic E-state index is 0.161. The fourth-order valence-corrected chi connectivity index (χ4v) is 4.18. The lowest BCUT2D eigenvalue weighted by molar-refractivity contribution is 0.0996. The second-order valence-corrected chi connectivity index (χ2v) is 8.08. The molecule has 1 fully saturated rings. The number of carbonyl (C=O) groups is 1. The molecule has 0 aromatic heterocycles. The molecule has 2 aliphatic rings. The molecule has 1 atom stereocenters. The highest BCUT2D eigenvalue weighted by Crippen LogP contribution is 2.35. The molecule has 0 aliphatic carbocycles. The predicted molar refractivity (Wildman–Crippen MR) is 113 cm³/mol. The van der Waals surface area contributed by atoms with Crippen molar-refractivity contribution in [2.24, 2.45) is 5.92 Å². The normalized spacial score (nSPS) is 20.6. The number of amides is 1. The van der Waals surface area contributed by atoms with Crippen LogP contribution < -0.4 is 4.90 Å². The van der Waals surface area contributed by atoms with Crippen LogP contribution in [0, 0.1) is 5.92 Å². The number of para-hydroxylation sites is 1. The fourth-order valence-electron chi connectivity index (χ4n) is 4.18. The number of alkyl halides is 1. The van der Waals surface area contributed by atoms with Crippen LogP contribution in [0.1, 0.15) is 34.0 Å². The number of anilines is 1. The third-order valence-electron chi connectivity index (χ3n) is 5.51. The van der Waals surface area contributed by atoms with E-state index in [0.29, 0.717) is 30.2 Å². The molecular formula is C22H23B2FN2O2. The van der Waals surface area contributed by atoms with Crippen molar-refractivity contribution in [3.63, 3.8) is 0 Å². The average Bonchev–Trinajstić information content (AvgIpc) is 2.86. The van der Waals surface area contributed by atoms with Crippen molar-refractivity contribution in [1.82, 2.24) is 4.90 Å². The van der Waals surface area contributed by atoms with Gasteiger partial charge < -0.3 is 9.64 Å². The quantitative estimate of drug-likeness (QED) is 0.756. The van der Waals surface area contributed by atoms with Crippen LogP contribution in [0.5, 0.6) is 0 Å². The molecule has 29 heavy (non-hydrogen) atoms. The van der Waals surface area contributed by atoms with Crippen molar-refractivity contribution >= 4 is 27.3 Å². The topological polar surface area (TPSA) is 32.8 Å². The number of benzene rings is 2. The van der Waals surface area contributed by atoms with Crippen LogP contribution in [-0.2, 0) is 23.3 Å². The zero-order valence-corrected chi connectivity index (χ0v) is 16.6. The summed E-state index contributed by atoms with van der Waals surface area (Å²) in [5, 5.41) is 0. The number of ether oxygens (including phenoxy) is 1. The third-order valence-corrected chi connectivity index (χ3v) is 5.51. The zero-order chi connectivity index (χ0) is 20.6. The summed E-state index contributed by atoms with van der Waals surface area (Å²) < 4.78 is 20.3. The molecule has 0 bridgehead atoms. The largest absolute Gasteiger partial charge is 0.380 e. The van der Waals surface area contributed by atoms with Gasteiger partial charge in [-0.3, -0.25) is 14.1 Å². The first kappa shape index (κ1) is 20.2. The van der Waals surface area contributed by atoms with Gasteiger partial charge in [0.15, 0.2) is 0 Å². The first-order valence-electron chi connectivity index (χ1n) is 9.93. The van der Waals surface area contributed by atoms with E-state index in [1.165, 1.54) is 0 Å². The molecule has 4 rings (SSSR count). The summed E-state index contributed by atoms with van der Waals surface area (Å²) >= 11 is 0. The third kappa shape index (κ3) is 4.26. The average molecular weight is 388 g/mol. The SMILES string of the molecule is [B]C([B])(F)c1cc(CN2CCOCC(C)C2)cc2c1CN(c1ccccc1)C2=O.